The lowest BCUT2D eigenvalue weighted by atomic mass is 9.89. The molecule has 0 aliphatic rings. The van der Waals surface area contributed by atoms with Gasteiger partial charge in [-0.05, 0) is 87.9 Å². The molecule has 0 N–H and O–H groups in total. The highest BCUT2D eigenvalue weighted by Gasteiger charge is 2.20. The third-order valence-electron chi connectivity index (χ3n) is 12.8. The molecule has 0 radical (unpaired) electrons. The van der Waals surface area contributed by atoms with Crippen LogP contribution in [0.25, 0.3) is 0 Å². The van der Waals surface area contributed by atoms with Gasteiger partial charge in [-0.25, -0.2) is 0 Å². The third-order valence-corrected chi connectivity index (χ3v) is 12.8. The van der Waals surface area contributed by atoms with Crippen molar-refractivity contribution in [3.63, 3.8) is 0 Å². The maximum absolute atomic E-state index is 5.90. The van der Waals surface area contributed by atoms with E-state index < -0.39 is 0 Å². The first kappa shape index (κ1) is 71.5. The van der Waals surface area contributed by atoms with E-state index in [1.807, 2.05) is 0 Å². The second kappa shape index (κ2) is 54.1. The molecule has 1 atom stereocenters. The monoisotopic (exact) mass is 965 g/mol. The molecule has 0 saturated carbocycles. The van der Waals surface area contributed by atoms with Crippen LogP contribution in [0.2, 0.25) is 0 Å². The number of nitrogens with zero attached hydrogens (tertiary/aromatic N) is 1. The Morgan fingerprint density at radius 1 is 0.397 bits per heavy atom. The highest BCUT2D eigenvalue weighted by atomic mass is 16.7. The molecular formula is C63H130NO4+. The number of unbranched alkanes of at least 4 members (excludes halogenated alkanes) is 22. The van der Waals surface area contributed by atoms with Gasteiger partial charge in [-0.15, -0.1) is 0 Å². The Hall–Kier alpha value is -0.720. The first-order valence-electron chi connectivity index (χ1n) is 30.1. The Morgan fingerprint density at radius 2 is 0.750 bits per heavy atom. The summed E-state index contributed by atoms with van der Waals surface area (Å²) in [5, 5.41) is 0. The van der Waals surface area contributed by atoms with Crippen molar-refractivity contribution in [3.05, 3.63) is 24.3 Å². The minimum atomic E-state index is -0.158. The van der Waals surface area contributed by atoms with Gasteiger partial charge in [0.1, 0.15) is 0 Å². The molecule has 0 aromatic carbocycles. The Bertz CT molecular complexity index is 980. The quantitative estimate of drug-likeness (QED) is 0.0264. The molecule has 1 unspecified atom stereocenters. The van der Waals surface area contributed by atoms with Crippen LogP contribution in [0, 0.1) is 16.7 Å². The predicted molar refractivity (Wildman–Crippen MR) is 306 cm³/mol. The molecule has 0 spiro atoms. The van der Waals surface area contributed by atoms with E-state index in [1.54, 1.807) is 0 Å². The van der Waals surface area contributed by atoms with Crippen LogP contribution in [0.5, 0.6) is 0 Å². The summed E-state index contributed by atoms with van der Waals surface area (Å²) in [5.41, 5.74) is 1.06. The second-order valence-corrected chi connectivity index (χ2v) is 23.7. The zero-order valence-electron chi connectivity index (χ0n) is 49.5. The average Bonchev–Trinajstić information content (AvgIpc) is 3.28. The first-order valence-corrected chi connectivity index (χ1v) is 30.1. The molecule has 0 heterocycles. The summed E-state index contributed by atoms with van der Waals surface area (Å²) in [6.07, 6.45) is 54.0. The van der Waals surface area contributed by atoms with E-state index in [-0.39, 0.29) is 6.29 Å². The van der Waals surface area contributed by atoms with Gasteiger partial charge in [0.05, 0.1) is 53.6 Å². The molecule has 5 heteroatoms. The molecule has 0 aromatic rings. The van der Waals surface area contributed by atoms with Crippen LogP contribution in [-0.4, -0.2) is 77.6 Å². The lowest BCUT2D eigenvalue weighted by Gasteiger charge is -2.32. The Balaban J connectivity index is -0.000000941. The minimum Gasteiger partial charge on any atom is -0.379 e. The van der Waals surface area contributed by atoms with Crippen molar-refractivity contribution in [2.75, 3.05) is 66.8 Å². The molecule has 5 nitrogen and oxygen atoms in total. The first-order chi connectivity index (χ1) is 32.6. The highest BCUT2D eigenvalue weighted by molar-refractivity contribution is 4.82. The topological polar surface area (TPSA) is 36.9 Å². The highest BCUT2D eigenvalue weighted by Crippen LogP contribution is 2.24. The number of rotatable bonds is 47. The van der Waals surface area contributed by atoms with Crippen LogP contribution in [0.3, 0.4) is 0 Å². The molecule has 0 aliphatic heterocycles. The number of ether oxygens (including phenoxy) is 4. The summed E-state index contributed by atoms with van der Waals surface area (Å²) in [6.45, 7) is 33.9. The second-order valence-electron chi connectivity index (χ2n) is 23.7. The zero-order valence-corrected chi connectivity index (χ0v) is 49.5. The summed E-state index contributed by atoms with van der Waals surface area (Å²) in [7, 11) is 4.64. The van der Waals surface area contributed by atoms with Crippen LogP contribution in [-0.2, 0) is 18.9 Å². The van der Waals surface area contributed by atoms with Gasteiger partial charge in [-0.1, -0.05) is 229 Å². The van der Waals surface area contributed by atoms with Crippen molar-refractivity contribution < 1.29 is 23.4 Å². The van der Waals surface area contributed by atoms with Crippen molar-refractivity contribution in [2.24, 2.45) is 16.7 Å². The minimum absolute atomic E-state index is 0.158. The van der Waals surface area contributed by atoms with Crippen LogP contribution in [0.1, 0.15) is 295 Å². The Labute approximate surface area is 430 Å². The standard InChI is InChI=1S/C22H44.C21H46NO4.C20H40/c1-5-6-7-8-9-10-11-12-13-14-15-16-17-18-19-20-21-22(2,3)4;1-7-13-23-15-17-25-21(26-18-16-24-14-8-2)11-10-12-22(5,6)19-20(4)9-3;1-5-6-7-8-9-10-11-12-13-14-15-16-17-18-19-20(2,3)4/h12-13H,5-11,14-21H2,1-4H3;20-21H,7-19H2,1-6H3;8-9H,5-7,10-19H2,1-4H3/q;+1;/b13-12-;;9-8-. The van der Waals surface area contributed by atoms with Crippen molar-refractivity contribution in [3.8, 4) is 0 Å². The molecule has 0 bridgehead atoms. The van der Waals surface area contributed by atoms with Gasteiger partial charge in [0, 0.05) is 32.0 Å². The van der Waals surface area contributed by atoms with Gasteiger partial charge in [0.15, 0.2) is 6.29 Å². The zero-order chi connectivity index (χ0) is 51.3. The molecule has 0 aliphatic carbocycles. The largest absolute Gasteiger partial charge is 0.379 e. The normalized spacial score (nSPS) is 12.8. The predicted octanol–water partition coefficient (Wildman–Crippen LogP) is 20.2. The fourth-order valence-electron chi connectivity index (χ4n) is 8.37. The summed E-state index contributed by atoms with van der Waals surface area (Å²) < 4.78 is 23.9. The molecule has 0 fully saturated rings. The number of allylic oxidation sites excluding steroid dienone is 4. The van der Waals surface area contributed by atoms with Gasteiger partial charge in [0.25, 0.3) is 0 Å². The third kappa shape index (κ3) is 67.4. The van der Waals surface area contributed by atoms with Gasteiger partial charge in [-0.2, -0.15) is 0 Å². The van der Waals surface area contributed by atoms with Gasteiger partial charge < -0.3 is 23.4 Å². The lowest BCUT2D eigenvalue weighted by Crippen LogP contribution is -2.44. The van der Waals surface area contributed by atoms with Gasteiger partial charge in [-0.3, -0.25) is 0 Å². The smallest absolute Gasteiger partial charge is 0.158 e. The van der Waals surface area contributed by atoms with E-state index in [0.29, 0.717) is 37.3 Å². The molecule has 0 amide bonds. The molecule has 68 heavy (non-hydrogen) atoms. The van der Waals surface area contributed by atoms with Crippen molar-refractivity contribution in [1.82, 2.24) is 0 Å². The molecule has 0 saturated heterocycles. The summed E-state index contributed by atoms with van der Waals surface area (Å²) >= 11 is 0. The molecule has 0 rings (SSSR count). The number of quaternary nitrogens is 1. The lowest BCUT2D eigenvalue weighted by molar-refractivity contribution is -0.893. The molecule has 410 valence electrons. The summed E-state index contributed by atoms with van der Waals surface area (Å²) in [5.74, 6) is 0.764. The maximum atomic E-state index is 5.90. The number of hydrogen-bond acceptors (Lipinski definition) is 4. The number of hydrogen-bond donors (Lipinski definition) is 0. The fraction of sp³-hybridized carbons (Fsp3) is 0.937. The summed E-state index contributed by atoms with van der Waals surface area (Å²) in [6, 6.07) is 0. The van der Waals surface area contributed by atoms with E-state index in [1.165, 1.54) is 193 Å². The van der Waals surface area contributed by atoms with Gasteiger partial charge >= 0.3 is 0 Å². The van der Waals surface area contributed by atoms with Crippen molar-refractivity contribution in [2.45, 2.75) is 301 Å². The average molecular weight is 966 g/mol. The molecular weight excluding hydrogens is 835 g/mol. The van der Waals surface area contributed by atoms with E-state index in [2.05, 4.69) is 121 Å². The Morgan fingerprint density at radius 3 is 1.10 bits per heavy atom. The van der Waals surface area contributed by atoms with E-state index in [4.69, 9.17) is 18.9 Å². The molecule has 0 aromatic heterocycles. The van der Waals surface area contributed by atoms with E-state index in [0.717, 1.165) is 55.8 Å². The van der Waals surface area contributed by atoms with Gasteiger partial charge in [0.2, 0.25) is 0 Å². The van der Waals surface area contributed by atoms with E-state index >= 15 is 0 Å². The maximum Gasteiger partial charge on any atom is 0.158 e. The van der Waals surface area contributed by atoms with E-state index in [9.17, 15) is 0 Å². The van der Waals surface area contributed by atoms with Crippen molar-refractivity contribution >= 4 is 0 Å². The van der Waals surface area contributed by atoms with Crippen molar-refractivity contribution in [1.29, 1.82) is 0 Å². The van der Waals surface area contributed by atoms with Crippen LogP contribution < -0.4 is 0 Å². The fourth-order valence-corrected chi connectivity index (χ4v) is 8.37. The summed E-state index contributed by atoms with van der Waals surface area (Å²) in [4.78, 5) is 0. The van der Waals surface area contributed by atoms with Crippen LogP contribution >= 0.6 is 0 Å². The Kier molecular flexibility index (Phi) is 56.9. The SMILES string of the molecule is CCCC/C=C\CCCCCCCCCCC(C)(C)C.CCCCCCCC/C=C\CCCCCCCCC(C)(C)C.CCCOCCOC(CCC[N+](C)(C)CC(C)CC)OCCOCCC. The van der Waals surface area contributed by atoms with Crippen LogP contribution in [0.4, 0.5) is 0 Å². The van der Waals surface area contributed by atoms with Crippen LogP contribution in [0.15, 0.2) is 24.3 Å².